The fourth-order valence-electron chi connectivity index (χ4n) is 3.03. The minimum absolute atomic E-state index is 0.0267. The number of para-hydroxylation sites is 1. The Labute approximate surface area is 148 Å². The molecule has 1 aliphatic rings. The molecular weight excluding hydrogens is 316 g/mol. The molecular formula is C20H24N2OS. The molecule has 3 rings (SSSR count). The monoisotopic (exact) mass is 340 g/mol. The van der Waals surface area contributed by atoms with E-state index >= 15 is 0 Å². The van der Waals surface area contributed by atoms with E-state index in [1.807, 2.05) is 18.2 Å². The van der Waals surface area contributed by atoms with Crippen LogP contribution in [0.5, 0.6) is 0 Å². The molecule has 0 radical (unpaired) electrons. The topological polar surface area (TPSA) is 32.3 Å². The molecule has 2 aromatic rings. The summed E-state index contributed by atoms with van der Waals surface area (Å²) in [6.07, 6.45) is 1.80. The molecule has 0 aliphatic carbocycles. The molecule has 2 aromatic carbocycles. The van der Waals surface area contributed by atoms with Gasteiger partial charge in [-0.25, -0.2) is 0 Å². The van der Waals surface area contributed by atoms with Crippen molar-refractivity contribution in [3.63, 3.8) is 0 Å². The van der Waals surface area contributed by atoms with Gasteiger partial charge in [-0.15, -0.1) is 11.8 Å². The van der Waals surface area contributed by atoms with E-state index in [2.05, 4.69) is 53.5 Å². The molecule has 0 fully saturated rings. The first-order valence-corrected chi connectivity index (χ1v) is 9.48. The lowest BCUT2D eigenvalue weighted by Crippen LogP contribution is -2.35. The van der Waals surface area contributed by atoms with Gasteiger partial charge in [0.05, 0.1) is 5.25 Å². The van der Waals surface area contributed by atoms with E-state index in [4.69, 9.17) is 0 Å². The highest BCUT2D eigenvalue weighted by molar-refractivity contribution is 8.01. The Morgan fingerprint density at radius 1 is 1.17 bits per heavy atom. The van der Waals surface area contributed by atoms with E-state index in [0.717, 1.165) is 32.5 Å². The number of benzene rings is 2. The van der Waals surface area contributed by atoms with Crippen molar-refractivity contribution >= 4 is 23.4 Å². The first-order chi connectivity index (χ1) is 11.8. The zero-order chi connectivity index (χ0) is 16.8. The van der Waals surface area contributed by atoms with Crippen molar-refractivity contribution in [3.8, 4) is 0 Å². The van der Waals surface area contributed by atoms with Crippen LogP contribution in [0.2, 0.25) is 0 Å². The molecule has 0 bridgehead atoms. The van der Waals surface area contributed by atoms with E-state index in [1.165, 1.54) is 16.1 Å². The maximum absolute atomic E-state index is 12.4. The second-order valence-electron chi connectivity index (χ2n) is 5.98. The summed E-state index contributed by atoms with van der Waals surface area (Å²) in [6, 6.07) is 18.7. The van der Waals surface area contributed by atoms with E-state index in [-0.39, 0.29) is 11.2 Å². The number of nitrogens with zero attached hydrogens (tertiary/aromatic N) is 1. The number of anilines is 1. The highest BCUT2D eigenvalue weighted by Crippen LogP contribution is 2.36. The summed E-state index contributed by atoms with van der Waals surface area (Å²) in [5.41, 5.74) is 2.54. The van der Waals surface area contributed by atoms with Crippen molar-refractivity contribution in [2.45, 2.75) is 29.9 Å². The third-order valence-corrected chi connectivity index (χ3v) is 5.66. The molecule has 0 aromatic heterocycles. The van der Waals surface area contributed by atoms with Gasteiger partial charge in [-0.05, 0) is 43.5 Å². The fraction of sp³-hybridized carbons (Fsp3) is 0.350. The molecule has 1 aliphatic heterocycles. The summed E-state index contributed by atoms with van der Waals surface area (Å²) in [7, 11) is 0. The quantitative estimate of drug-likeness (QED) is 0.780. The van der Waals surface area contributed by atoms with Crippen molar-refractivity contribution in [3.05, 3.63) is 60.2 Å². The van der Waals surface area contributed by atoms with Crippen LogP contribution in [0.3, 0.4) is 0 Å². The van der Waals surface area contributed by atoms with Gasteiger partial charge in [-0.1, -0.05) is 36.4 Å². The number of amides is 1. The smallest absolute Gasteiger partial charge is 0.233 e. The van der Waals surface area contributed by atoms with Gasteiger partial charge in [0.1, 0.15) is 0 Å². The number of hydrogen-bond donors (Lipinski definition) is 1. The number of rotatable bonds is 7. The molecule has 4 heteroatoms. The molecule has 0 saturated carbocycles. The molecule has 0 spiro atoms. The fourth-order valence-corrected chi connectivity index (χ4v) is 4.25. The van der Waals surface area contributed by atoms with E-state index < -0.39 is 0 Å². The van der Waals surface area contributed by atoms with Crippen molar-refractivity contribution < 1.29 is 4.79 Å². The normalized spacial score (nSPS) is 15.8. The zero-order valence-corrected chi connectivity index (χ0v) is 14.9. The Hall–Kier alpha value is -1.94. The van der Waals surface area contributed by atoms with Crippen molar-refractivity contribution in [2.24, 2.45) is 0 Å². The average Bonchev–Trinajstić information content (AvgIpc) is 3.06. The number of fused-ring (bicyclic) bond motifs is 1. The van der Waals surface area contributed by atoms with Crippen LogP contribution in [0.15, 0.2) is 59.5 Å². The molecule has 1 atom stereocenters. The van der Waals surface area contributed by atoms with Gasteiger partial charge in [-0.3, -0.25) is 4.79 Å². The second-order valence-corrected chi connectivity index (χ2v) is 7.22. The summed E-state index contributed by atoms with van der Waals surface area (Å²) in [5, 5.41) is 3.13. The van der Waals surface area contributed by atoms with Gasteiger partial charge in [0.25, 0.3) is 0 Å². The predicted octanol–water partition coefficient (Wildman–Crippen LogP) is 3.74. The van der Waals surface area contributed by atoms with Crippen molar-refractivity contribution in [2.75, 3.05) is 24.5 Å². The Morgan fingerprint density at radius 3 is 2.67 bits per heavy atom. The molecule has 0 saturated heterocycles. The van der Waals surface area contributed by atoms with Gasteiger partial charge in [0.15, 0.2) is 0 Å². The SMILES string of the molecule is CCN(CCCNC(=O)[C@@H]1Cc2ccccc2S1)c1ccccc1. The Bertz CT molecular complexity index is 649. The lowest BCUT2D eigenvalue weighted by atomic mass is 10.1. The van der Waals surface area contributed by atoms with E-state index in [1.54, 1.807) is 11.8 Å². The number of carbonyl (C=O) groups is 1. The highest BCUT2D eigenvalue weighted by atomic mass is 32.2. The van der Waals surface area contributed by atoms with Crippen LogP contribution in [0.4, 0.5) is 5.69 Å². The van der Waals surface area contributed by atoms with Crippen molar-refractivity contribution in [1.29, 1.82) is 0 Å². The van der Waals surface area contributed by atoms with Crippen LogP contribution in [0, 0.1) is 0 Å². The van der Waals surface area contributed by atoms with E-state index in [0.29, 0.717) is 0 Å². The van der Waals surface area contributed by atoms with Gasteiger partial charge in [0.2, 0.25) is 5.91 Å². The third kappa shape index (κ3) is 4.12. The number of hydrogen-bond acceptors (Lipinski definition) is 3. The lowest BCUT2D eigenvalue weighted by Gasteiger charge is -2.23. The molecule has 3 nitrogen and oxygen atoms in total. The Balaban J connectivity index is 1.41. The molecule has 24 heavy (non-hydrogen) atoms. The predicted molar refractivity (Wildman–Crippen MR) is 102 cm³/mol. The molecule has 1 N–H and O–H groups in total. The van der Waals surface area contributed by atoms with Crippen LogP contribution < -0.4 is 10.2 Å². The Kier molecular flexibility index (Phi) is 5.81. The average molecular weight is 340 g/mol. The third-order valence-electron chi connectivity index (χ3n) is 4.35. The maximum atomic E-state index is 12.4. The summed E-state index contributed by atoms with van der Waals surface area (Å²) < 4.78 is 0. The van der Waals surface area contributed by atoms with Crippen LogP contribution >= 0.6 is 11.8 Å². The van der Waals surface area contributed by atoms with Gasteiger partial charge in [0, 0.05) is 30.2 Å². The summed E-state index contributed by atoms with van der Waals surface area (Å²) >= 11 is 1.69. The molecule has 1 amide bonds. The van der Waals surface area contributed by atoms with Crippen molar-refractivity contribution in [1.82, 2.24) is 5.32 Å². The minimum atomic E-state index is 0.0267. The lowest BCUT2D eigenvalue weighted by molar-refractivity contribution is -0.120. The Morgan fingerprint density at radius 2 is 1.92 bits per heavy atom. The zero-order valence-electron chi connectivity index (χ0n) is 14.1. The van der Waals surface area contributed by atoms with Gasteiger partial charge >= 0.3 is 0 Å². The first kappa shape index (κ1) is 16.9. The van der Waals surface area contributed by atoms with Gasteiger partial charge in [-0.2, -0.15) is 0 Å². The number of thioether (sulfide) groups is 1. The van der Waals surface area contributed by atoms with Crippen LogP contribution in [-0.2, 0) is 11.2 Å². The van der Waals surface area contributed by atoms with Crippen LogP contribution in [0.25, 0.3) is 0 Å². The highest BCUT2D eigenvalue weighted by Gasteiger charge is 2.27. The van der Waals surface area contributed by atoms with E-state index in [9.17, 15) is 4.79 Å². The number of nitrogens with one attached hydrogen (secondary N) is 1. The molecule has 1 heterocycles. The largest absolute Gasteiger partial charge is 0.372 e. The van der Waals surface area contributed by atoms with Crippen LogP contribution in [0.1, 0.15) is 18.9 Å². The molecule has 0 unspecified atom stereocenters. The minimum Gasteiger partial charge on any atom is -0.372 e. The summed E-state index contributed by atoms with van der Waals surface area (Å²) in [5.74, 6) is 0.166. The molecule has 126 valence electrons. The first-order valence-electron chi connectivity index (χ1n) is 8.60. The number of carbonyl (C=O) groups excluding carboxylic acids is 1. The maximum Gasteiger partial charge on any atom is 0.233 e. The standard InChI is InChI=1S/C20H24N2OS/c1-2-22(17-10-4-3-5-11-17)14-8-13-21-20(23)19-15-16-9-6-7-12-18(16)24-19/h3-7,9-12,19H,2,8,13-15H2,1H3,(H,21,23)/t19-/m0/s1. The second kappa shape index (κ2) is 8.25. The summed E-state index contributed by atoms with van der Waals surface area (Å²) in [6.45, 7) is 4.83. The van der Waals surface area contributed by atoms with Crippen LogP contribution in [-0.4, -0.2) is 30.8 Å². The summed E-state index contributed by atoms with van der Waals surface area (Å²) in [4.78, 5) is 15.9. The van der Waals surface area contributed by atoms with Gasteiger partial charge < -0.3 is 10.2 Å².